The van der Waals surface area contributed by atoms with Crippen molar-refractivity contribution in [2.75, 3.05) is 33.9 Å². The highest BCUT2D eigenvalue weighted by Crippen LogP contribution is 2.04. The normalized spacial score (nSPS) is 14.1. The number of hydrogen-bond donors (Lipinski definition) is 0. The van der Waals surface area contributed by atoms with Crippen molar-refractivity contribution in [1.29, 1.82) is 0 Å². The maximum Gasteiger partial charge on any atom is 0.0492 e. The summed E-state index contributed by atoms with van der Waals surface area (Å²) in [6, 6.07) is 0. The summed E-state index contributed by atoms with van der Waals surface area (Å²) in [7, 11) is 4.23. The molecule has 1 unspecified atom stereocenters. The zero-order valence-corrected chi connectivity index (χ0v) is 9.84. The lowest BCUT2D eigenvalue weighted by atomic mass is 10.1. The Morgan fingerprint density at radius 2 is 1.69 bits per heavy atom. The Bertz CT molecular complexity index is 113. The summed E-state index contributed by atoms with van der Waals surface area (Å²) >= 11 is 0. The van der Waals surface area contributed by atoms with Crippen molar-refractivity contribution in [2.24, 2.45) is 11.8 Å². The predicted octanol–water partition coefficient (Wildman–Crippen LogP) is 2.25. The summed E-state index contributed by atoms with van der Waals surface area (Å²) in [5.74, 6) is 1.34. The van der Waals surface area contributed by atoms with Gasteiger partial charge in [0.15, 0.2) is 0 Å². The molecule has 0 N–H and O–H groups in total. The molecule has 80 valence electrons. The smallest absolute Gasteiger partial charge is 0.0492 e. The third-order valence-corrected chi connectivity index (χ3v) is 1.92. The summed E-state index contributed by atoms with van der Waals surface area (Å²) in [4.78, 5) is 2.22. The lowest BCUT2D eigenvalue weighted by Gasteiger charge is -2.15. The predicted molar refractivity (Wildman–Crippen MR) is 58.0 cm³/mol. The van der Waals surface area contributed by atoms with Gasteiger partial charge < -0.3 is 9.64 Å². The highest BCUT2D eigenvalue weighted by Gasteiger charge is 2.03. The lowest BCUT2D eigenvalue weighted by molar-refractivity contribution is 0.0798. The van der Waals surface area contributed by atoms with Crippen molar-refractivity contribution in [2.45, 2.75) is 27.2 Å². The van der Waals surface area contributed by atoms with E-state index in [1.165, 1.54) is 6.42 Å². The molecule has 0 saturated heterocycles. The highest BCUT2D eigenvalue weighted by atomic mass is 16.5. The van der Waals surface area contributed by atoms with Gasteiger partial charge in [0, 0.05) is 13.2 Å². The lowest BCUT2D eigenvalue weighted by Crippen LogP contribution is -2.18. The van der Waals surface area contributed by atoms with Crippen molar-refractivity contribution in [3.63, 3.8) is 0 Å². The molecule has 0 amide bonds. The molecule has 0 radical (unpaired) electrons. The second-order valence-corrected chi connectivity index (χ2v) is 4.63. The molecule has 0 fully saturated rings. The van der Waals surface area contributed by atoms with Gasteiger partial charge in [-0.05, 0) is 38.9 Å². The quantitative estimate of drug-likeness (QED) is 0.606. The molecular formula is C11H25NO. The van der Waals surface area contributed by atoms with Crippen molar-refractivity contribution in [1.82, 2.24) is 4.90 Å². The summed E-state index contributed by atoms with van der Waals surface area (Å²) in [5.41, 5.74) is 0. The average molecular weight is 187 g/mol. The van der Waals surface area contributed by atoms with Crippen LogP contribution in [0.25, 0.3) is 0 Å². The molecule has 0 aliphatic rings. The van der Waals surface area contributed by atoms with E-state index in [-0.39, 0.29) is 0 Å². The van der Waals surface area contributed by atoms with Gasteiger partial charge in [-0.1, -0.05) is 20.8 Å². The maximum absolute atomic E-state index is 5.57. The van der Waals surface area contributed by atoms with Crippen LogP contribution in [0.3, 0.4) is 0 Å². The monoisotopic (exact) mass is 187 g/mol. The molecule has 0 bridgehead atoms. The van der Waals surface area contributed by atoms with Crippen molar-refractivity contribution >= 4 is 0 Å². The first kappa shape index (κ1) is 12.9. The van der Waals surface area contributed by atoms with E-state index in [9.17, 15) is 0 Å². The second-order valence-electron chi connectivity index (χ2n) is 4.63. The van der Waals surface area contributed by atoms with Gasteiger partial charge >= 0.3 is 0 Å². The molecule has 0 saturated carbocycles. The zero-order chi connectivity index (χ0) is 10.3. The first-order valence-electron chi connectivity index (χ1n) is 5.24. The largest absolute Gasteiger partial charge is 0.381 e. The molecule has 0 aromatic heterocycles. The van der Waals surface area contributed by atoms with Gasteiger partial charge in [-0.15, -0.1) is 0 Å². The fraction of sp³-hybridized carbons (Fsp3) is 1.00. The standard InChI is InChI=1S/C11H25NO/c1-10(2)8-13-9-11(3)6-7-12(4)5/h10-11H,6-9H2,1-5H3. The van der Waals surface area contributed by atoms with E-state index >= 15 is 0 Å². The molecule has 2 heteroatoms. The Morgan fingerprint density at radius 1 is 1.08 bits per heavy atom. The SMILES string of the molecule is CC(C)COCC(C)CCN(C)C. The summed E-state index contributed by atoms with van der Waals surface area (Å²) in [5, 5.41) is 0. The van der Waals surface area contributed by atoms with Crippen LogP contribution in [-0.4, -0.2) is 38.8 Å². The molecular weight excluding hydrogens is 162 g/mol. The van der Waals surface area contributed by atoms with Crippen molar-refractivity contribution in [3.05, 3.63) is 0 Å². The Labute approximate surface area is 83.3 Å². The fourth-order valence-electron chi connectivity index (χ4n) is 1.07. The molecule has 0 rings (SSSR count). The number of hydrogen-bond acceptors (Lipinski definition) is 2. The first-order valence-corrected chi connectivity index (χ1v) is 5.24. The Hall–Kier alpha value is -0.0800. The molecule has 0 aliphatic heterocycles. The summed E-state index contributed by atoms with van der Waals surface area (Å²) in [6.07, 6.45) is 1.23. The molecule has 0 heterocycles. The van der Waals surface area contributed by atoms with Crippen LogP contribution >= 0.6 is 0 Å². The van der Waals surface area contributed by atoms with Crippen LogP contribution in [0.5, 0.6) is 0 Å². The summed E-state index contributed by atoms with van der Waals surface area (Å²) in [6.45, 7) is 9.59. The van der Waals surface area contributed by atoms with Crippen LogP contribution in [-0.2, 0) is 4.74 Å². The second kappa shape index (κ2) is 7.34. The van der Waals surface area contributed by atoms with E-state index < -0.39 is 0 Å². The van der Waals surface area contributed by atoms with Crippen LogP contribution in [0.2, 0.25) is 0 Å². The number of nitrogens with zero attached hydrogens (tertiary/aromatic N) is 1. The van der Waals surface area contributed by atoms with E-state index in [2.05, 4.69) is 39.8 Å². The van der Waals surface area contributed by atoms with E-state index in [0.29, 0.717) is 11.8 Å². The first-order chi connectivity index (χ1) is 6.02. The third kappa shape index (κ3) is 9.84. The Balaban J connectivity index is 3.25. The fourth-order valence-corrected chi connectivity index (χ4v) is 1.07. The minimum atomic E-state index is 0.654. The molecule has 1 atom stereocenters. The van der Waals surface area contributed by atoms with Gasteiger partial charge in [0.2, 0.25) is 0 Å². The number of rotatable bonds is 7. The minimum Gasteiger partial charge on any atom is -0.381 e. The van der Waals surface area contributed by atoms with Gasteiger partial charge in [-0.2, -0.15) is 0 Å². The Morgan fingerprint density at radius 3 is 2.15 bits per heavy atom. The van der Waals surface area contributed by atoms with E-state index in [4.69, 9.17) is 4.74 Å². The van der Waals surface area contributed by atoms with Gasteiger partial charge in [0.25, 0.3) is 0 Å². The summed E-state index contributed by atoms with van der Waals surface area (Å²) < 4.78 is 5.57. The van der Waals surface area contributed by atoms with Gasteiger partial charge in [0.05, 0.1) is 0 Å². The molecule has 0 aromatic rings. The highest BCUT2D eigenvalue weighted by molar-refractivity contribution is 4.54. The van der Waals surface area contributed by atoms with Crippen molar-refractivity contribution < 1.29 is 4.74 Å². The van der Waals surface area contributed by atoms with Crippen LogP contribution in [0.4, 0.5) is 0 Å². The molecule has 0 aliphatic carbocycles. The van der Waals surface area contributed by atoms with E-state index in [1.54, 1.807) is 0 Å². The molecule has 0 aromatic carbocycles. The topological polar surface area (TPSA) is 12.5 Å². The Kier molecular flexibility index (Phi) is 7.29. The average Bonchev–Trinajstić information content (AvgIpc) is 2.00. The van der Waals surface area contributed by atoms with Gasteiger partial charge in [0.1, 0.15) is 0 Å². The van der Waals surface area contributed by atoms with E-state index in [1.807, 2.05) is 0 Å². The molecule has 2 nitrogen and oxygen atoms in total. The van der Waals surface area contributed by atoms with Crippen LogP contribution in [0.1, 0.15) is 27.2 Å². The minimum absolute atomic E-state index is 0.654. The third-order valence-electron chi connectivity index (χ3n) is 1.92. The number of ether oxygens (including phenoxy) is 1. The maximum atomic E-state index is 5.57. The van der Waals surface area contributed by atoms with Crippen LogP contribution < -0.4 is 0 Å². The zero-order valence-electron chi connectivity index (χ0n) is 9.84. The van der Waals surface area contributed by atoms with Gasteiger partial charge in [-0.3, -0.25) is 0 Å². The molecule has 13 heavy (non-hydrogen) atoms. The molecule has 0 spiro atoms. The van der Waals surface area contributed by atoms with Crippen LogP contribution in [0.15, 0.2) is 0 Å². The van der Waals surface area contributed by atoms with Crippen LogP contribution in [0, 0.1) is 11.8 Å². The van der Waals surface area contributed by atoms with E-state index in [0.717, 1.165) is 19.8 Å². The van der Waals surface area contributed by atoms with Gasteiger partial charge in [-0.25, -0.2) is 0 Å². The van der Waals surface area contributed by atoms with Crippen molar-refractivity contribution in [3.8, 4) is 0 Å².